The van der Waals surface area contributed by atoms with Crippen molar-refractivity contribution in [1.82, 2.24) is 25.0 Å². The number of amidine groups is 1. The average molecular weight is 495 g/mol. The number of aromatic nitrogens is 3. The van der Waals surface area contributed by atoms with E-state index in [-0.39, 0.29) is 17.8 Å². The monoisotopic (exact) mass is 494 g/mol. The predicted octanol–water partition coefficient (Wildman–Crippen LogP) is 2.97. The van der Waals surface area contributed by atoms with Crippen molar-refractivity contribution in [2.24, 2.45) is 0 Å². The molecule has 0 fully saturated rings. The van der Waals surface area contributed by atoms with Gasteiger partial charge in [-0.3, -0.25) is 19.4 Å². The number of fused-ring (bicyclic) bond motifs is 1. The van der Waals surface area contributed by atoms with Crippen molar-refractivity contribution < 1.29 is 9.59 Å². The summed E-state index contributed by atoms with van der Waals surface area (Å²) >= 11 is 0. The molecule has 0 saturated heterocycles. The molecule has 1 atom stereocenters. The van der Waals surface area contributed by atoms with Crippen LogP contribution in [-0.4, -0.2) is 44.3 Å². The summed E-state index contributed by atoms with van der Waals surface area (Å²) in [6.07, 6.45) is 11.4. The molecule has 0 spiro atoms. The molecule has 1 aliphatic rings. The molecule has 6 N–H and O–H groups in total. The first-order valence-corrected chi connectivity index (χ1v) is 11.6. The maximum atomic E-state index is 12.4. The van der Waals surface area contributed by atoms with E-state index in [1.807, 2.05) is 10.6 Å². The standard InChI is InChI=1S/C27H26N8O2/c1-2-4-22(36)32-20-12-10-18(11-13-20)26-34-23(24-25(30)31-15-16-35(24)26)17-6-8-19(9-7-17)27(37)33-21(29)5-3-14-28/h3,5-10,14-16,20,28H,11-13H2,1H3,(H2,30,31)(H,32,36)(H2,29,33,37)/b5-3-,28-14?. The smallest absolute Gasteiger partial charge is 0.296 e. The number of nitrogens with two attached hydrogens (primary N) is 1. The van der Waals surface area contributed by atoms with E-state index < -0.39 is 5.91 Å². The minimum absolute atomic E-state index is 0.0234. The second-order valence-corrected chi connectivity index (χ2v) is 8.34. The fourth-order valence-electron chi connectivity index (χ4n) is 4.16. The average Bonchev–Trinajstić information content (AvgIpc) is 3.29. The van der Waals surface area contributed by atoms with Gasteiger partial charge in [-0.25, -0.2) is 9.97 Å². The molecular formula is C27H26N8O2. The molecule has 1 aromatic carbocycles. The Kier molecular flexibility index (Phi) is 7.54. The van der Waals surface area contributed by atoms with E-state index in [0.29, 0.717) is 29.0 Å². The van der Waals surface area contributed by atoms with Crippen molar-refractivity contribution in [1.29, 1.82) is 10.8 Å². The normalized spacial score (nSPS) is 14.9. The number of hydrogen-bond acceptors (Lipinski definition) is 7. The van der Waals surface area contributed by atoms with Crippen LogP contribution in [0, 0.1) is 22.7 Å². The van der Waals surface area contributed by atoms with Gasteiger partial charge in [-0.05, 0) is 62.0 Å². The van der Waals surface area contributed by atoms with Gasteiger partial charge in [0.15, 0.2) is 0 Å². The minimum Gasteiger partial charge on any atom is -0.382 e. The van der Waals surface area contributed by atoms with Crippen LogP contribution in [-0.2, 0) is 4.79 Å². The predicted molar refractivity (Wildman–Crippen MR) is 143 cm³/mol. The fraction of sp³-hybridized carbons (Fsp3) is 0.185. The van der Waals surface area contributed by atoms with Crippen molar-refractivity contribution in [3.8, 4) is 23.1 Å². The number of allylic oxidation sites excluding steroid dienone is 2. The van der Waals surface area contributed by atoms with Crippen molar-refractivity contribution in [3.63, 3.8) is 0 Å². The zero-order valence-electron chi connectivity index (χ0n) is 20.2. The highest BCUT2D eigenvalue weighted by Crippen LogP contribution is 2.33. The van der Waals surface area contributed by atoms with Crippen LogP contribution in [0.4, 0.5) is 5.82 Å². The van der Waals surface area contributed by atoms with E-state index in [1.165, 1.54) is 12.2 Å². The number of hydrogen-bond donors (Lipinski definition) is 5. The van der Waals surface area contributed by atoms with Gasteiger partial charge in [0.25, 0.3) is 11.8 Å². The van der Waals surface area contributed by atoms with Gasteiger partial charge in [-0.15, -0.1) is 0 Å². The van der Waals surface area contributed by atoms with E-state index in [9.17, 15) is 9.59 Å². The van der Waals surface area contributed by atoms with Crippen molar-refractivity contribution in [2.45, 2.75) is 32.2 Å². The summed E-state index contributed by atoms with van der Waals surface area (Å²) in [7, 11) is 0. The van der Waals surface area contributed by atoms with Gasteiger partial charge in [0.2, 0.25) is 0 Å². The molecule has 37 heavy (non-hydrogen) atoms. The van der Waals surface area contributed by atoms with Gasteiger partial charge >= 0.3 is 0 Å². The molecule has 1 aliphatic carbocycles. The van der Waals surface area contributed by atoms with Crippen LogP contribution in [0.2, 0.25) is 0 Å². The third-order valence-corrected chi connectivity index (χ3v) is 5.88. The number of nitrogens with one attached hydrogen (secondary N) is 4. The van der Waals surface area contributed by atoms with Crippen molar-refractivity contribution in [3.05, 3.63) is 66.3 Å². The highest BCUT2D eigenvalue weighted by atomic mass is 16.2. The molecule has 0 radical (unpaired) electrons. The molecule has 10 nitrogen and oxygen atoms in total. The quantitative estimate of drug-likeness (QED) is 0.202. The fourth-order valence-corrected chi connectivity index (χ4v) is 4.16. The van der Waals surface area contributed by atoms with Gasteiger partial charge < -0.3 is 21.8 Å². The molecule has 2 amide bonds. The van der Waals surface area contributed by atoms with Gasteiger partial charge in [0, 0.05) is 35.8 Å². The Morgan fingerprint density at radius 3 is 2.73 bits per heavy atom. The SMILES string of the molecule is CC#CC(=O)NC1CC=C(c2nc(-c3ccc(C(=O)NC(=N)/C=C\C=N)cc3)c3c(N)nccn23)CC1. The molecule has 0 aliphatic heterocycles. The zero-order chi connectivity index (χ0) is 26.4. The van der Waals surface area contributed by atoms with Crippen LogP contribution in [0.5, 0.6) is 0 Å². The maximum absolute atomic E-state index is 12.4. The van der Waals surface area contributed by atoms with Crippen LogP contribution < -0.4 is 16.4 Å². The van der Waals surface area contributed by atoms with Crippen molar-refractivity contribution >= 4 is 40.8 Å². The number of amides is 2. The van der Waals surface area contributed by atoms with E-state index in [1.54, 1.807) is 37.4 Å². The van der Waals surface area contributed by atoms with Gasteiger partial charge in [0.05, 0.1) is 0 Å². The molecule has 1 unspecified atom stereocenters. The van der Waals surface area contributed by atoms with E-state index in [4.69, 9.17) is 21.5 Å². The first kappa shape index (κ1) is 25.1. The lowest BCUT2D eigenvalue weighted by atomic mass is 9.94. The summed E-state index contributed by atoms with van der Waals surface area (Å²) in [5.41, 5.74) is 9.75. The lowest BCUT2D eigenvalue weighted by Gasteiger charge is -2.21. The Balaban J connectivity index is 1.61. The lowest BCUT2D eigenvalue weighted by molar-refractivity contribution is -0.116. The van der Waals surface area contributed by atoms with Crippen LogP contribution in [0.15, 0.2) is 54.9 Å². The summed E-state index contributed by atoms with van der Waals surface area (Å²) in [5, 5.41) is 20.1. The summed E-state index contributed by atoms with van der Waals surface area (Å²) in [6, 6.07) is 6.89. The first-order valence-electron chi connectivity index (χ1n) is 11.6. The van der Waals surface area contributed by atoms with Crippen LogP contribution in [0.1, 0.15) is 42.4 Å². The highest BCUT2D eigenvalue weighted by Gasteiger charge is 2.23. The summed E-state index contributed by atoms with van der Waals surface area (Å²) in [5.74, 6) is 5.41. The Bertz CT molecular complexity index is 1500. The third-order valence-electron chi connectivity index (χ3n) is 5.88. The number of carbonyl (C=O) groups excluding carboxylic acids is 2. The second kappa shape index (κ2) is 11.1. The number of nitrogens with zero attached hydrogens (tertiary/aromatic N) is 3. The Morgan fingerprint density at radius 1 is 1.27 bits per heavy atom. The zero-order valence-corrected chi connectivity index (χ0v) is 20.2. The first-order chi connectivity index (χ1) is 17.9. The van der Waals surface area contributed by atoms with Crippen LogP contribution in [0.25, 0.3) is 22.3 Å². The summed E-state index contributed by atoms with van der Waals surface area (Å²) in [4.78, 5) is 33.4. The molecule has 2 aromatic heterocycles. The summed E-state index contributed by atoms with van der Waals surface area (Å²) < 4.78 is 1.92. The topological polar surface area (TPSA) is 162 Å². The van der Waals surface area contributed by atoms with E-state index >= 15 is 0 Å². The molecular weight excluding hydrogens is 468 g/mol. The number of nitrogen functional groups attached to an aromatic ring is 1. The van der Waals surface area contributed by atoms with Crippen LogP contribution >= 0.6 is 0 Å². The number of benzene rings is 1. The molecule has 10 heteroatoms. The molecule has 0 bridgehead atoms. The molecule has 3 aromatic rings. The highest BCUT2D eigenvalue weighted by molar-refractivity contribution is 6.09. The van der Waals surface area contributed by atoms with Crippen LogP contribution in [0.3, 0.4) is 0 Å². The Labute approximate surface area is 213 Å². The lowest BCUT2D eigenvalue weighted by Crippen LogP contribution is -2.34. The Morgan fingerprint density at radius 2 is 2.05 bits per heavy atom. The van der Waals surface area contributed by atoms with E-state index in [2.05, 4.69) is 33.5 Å². The van der Waals surface area contributed by atoms with Gasteiger partial charge in [-0.1, -0.05) is 24.1 Å². The Hall–Kier alpha value is -5.04. The van der Waals surface area contributed by atoms with Gasteiger partial charge in [-0.2, -0.15) is 0 Å². The number of imidazole rings is 1. The van der Waals surface area contributed by atoms with Crippen molar-refractivity contribution in [2.75, 3.05) is 5.73 Å². The number of anilines is 1. The molecule has 2 heterocycles. The summed E-state index contributed by atoms with van der Waals surface area (Å²) in [6.45, 7) is 1.63. The molecule has 0 saturated carbocycles. The molecule has 186 valence electrons. The number of carbonyl (C=O) groups is 2. The third kappa shape index (κ3) is 5.62. The van der Waals surface area contributed by atoms with Gasteiger partial charge in [0.1, 0.15) is 28.7 Å². The minimum atomic E-state index is -0.429. The number of rotatable bonds is 6. The maximum Gasteiger partial charge on any atom is 0.296 e. The van der Waals surface area contributed by atoms with E-state index in [0.717, 1.165) is 36.0 Å². The largest absolute Gasteiger partial charge is 0.382 e. The molecule has 4 rings (SSSR count). The second-order valence-electron chi connectivity index (χ2n) is 8.34.